The molecule has 0 aliphatic rings. The minimum Gasteiger partial charge on any atom is -0.478 e. The number of ether oxygens (including phenoxy) is 2. The van der Waals surface area contributed by atoms with Gasteiger partial charge in [-0.3, -0.25) is 23.4 Å². The van der Waals surface area contributed by atoms with Crippen molar-refractivity contribution < 1.29 is 52.3 Å². The van der Waals surface area contributed by atoms with Crippen LogP contribution >= 0.6 is 7.82 Å². The monoisotopic (exact) mass is 397 g/mol. The highest BCUT2D eigenvalue weighted by Gasteiger charge is 2.25. The molecule has 13 heteroatoms. The van der Waals surface area contributed by atoms with Crippen molar-refractivity contribution in [2.75, 3.05) is 26.4 Å². The molecular weight excluding hydrogens is 377 g/mol. The molecule has 0 aliphatic carbocycles. The molecule has 0 aromatic heterocycles. The summed E-state index contributed by atoms with van der Waals surface area (Å²) < 4.78 is 30.2. The molecule has 0 saturated carbocycles. The number of amides is 1. The van der Waals surface area contributed by atoms with E-state index in [2.05, 4.69) is 19.1 Å². The minimum absolute atomic E-state index is 0.197. The summed E-state index contributed by atoms with van der Waals surface area (Å²) in [6.07, 6.45) is 0.270. The lowest BCUT2D eigenvalue weighted by Crippen LogP contribution is -2.28. The van der Waals surface area contributed by atoms with Crippen LogP contribution in [-0.4, -0.2) is 66.3 Å². The van der Waals surface area contributed by atoms with E-state index in [4.69, 9.17) is 9.84 Å². The first-order valence-electron chi connectivity index (χ1n) is 7.13. The summed E-state index contributed by atoms with van der Waals surface area (Å²) in [4.78, 5) is 52.5. The third kappa shape index (κ3) is 14.1. The predicted octanol–water partition coefficient (Wildman–Crippen LogP) is -0.628. The number of hydrogen-bond donors (Lipinski definition) is 3. The summed E-state index contributed by atoms with van der Waals surface area (Å²) in [7, 11) is -4.52. The highest BCUT2D eigenvalue weighted by atomic mass is 31.2. The SMILES string of the molecule is CC(=O)OCC(COP(=O)(O)OCCNC(=O)/C=C/C(=O)O)OC(C)=O. The molecular formula is C13H20NO11P. The molecule has 3 N–H and O–H groups in total. The Labute approximate surface area is 148 Å². The average Bonchev–Trinajstić information content (AvgIpc) is 2.51. The van der Waals surface area contributed by atoms with Gasteiger partial charge >= 0.3 is 25.7 Å². The molecule has 0 radical (unpaired) electrons. The quantitative estimate of drug-likeness (QED) is 0.165. The standard InChI is InChI=1S/C13H20NO11P/c1-9(15)22-7-11(25-10(2)16)8-24-26(20,21)23-6-5-14-12(17)3-4-13(18)19/h3-4,11H,5-8H2,1-2H3,(H,14,17)(H,18,19)(H,20,21)/b4-3+. The fourth-order valence-corrected chi connectivity index (χ4v) is 2.07. The van der Waals surface area contributed by atoms with E-state index in [1.165, 1.54) is 0 Å². The number of nitrogens with one attached hydrogen (secondary N) is 1. The zero-order valence-corrected chi connectivity index (χ0v) is 15.0. The second-order valence-electron chi connectivity index (χ2n) is 4.59. The fourth-order valence-electron chi connectivity index (χ4n) is 1.32. The Morgan fingerprint density at radius 3 is 2.27 bits per heavy atom. The third-order valence-electron chi connectivity index (χ3n) is 2.26. The smallest absolute Gasteiger partial charge is 0.472 e. The molecule has 0 saturated heterocycles. The number of phosphoric acid groups is 1. The summed E-state index contributed by atoms with van der Waals surface area (Å²) >= 11 is 0. The molecule has 26 heavy (non-hydrogen) atoms. The Morgan fingerprint density at radius 2 is 1.73 bits per heavy atom. The lowest BCUT2D eigenvalue weighted by atomic mass is 10.4. The number of phosphoric ester groups is 1. The number of hydrogen-bond acceptors (Lipinski definition) is 9. The zero-order chi connectivity index (χ0) is 20.2. The molecule has 148 valence electrons. The van der Waals surface area contributed by atoms with E-state index in [0.717, 1.165) is 19.9 Å². The molecule has 0 bridgehead atoms. The normalized spacial score (nSPS) is 14.3. The average molecular weight is 397 g/mol. The van der Waals surface area contributed by atoms with Gasteiger partial charge in [-0.05, 0) is 0 Å². The Kier molecular flexibility index (Phi) is 11.1. The highest BCUT2D eigenvalue weighted by molar-refractivity contribution is 7.47. The minimum atomic E-state index is -4.52. The first-order valence-corrected chi connectivity index (χ1v) is 8.62. The van der Waals surface area contributed by atoms with E-state index < -0.39 is 51.0 Å². The van der Waals surface area contributed by atoms with Crippen LogP contribution in [0.5, 0.6) is 0 Å². The fraction of sp³-hybridized carbons (Fsp3) is 0.538. The van der Waals surface area contributed by atoms with Crippen molar-refractivity contribution >= 4 is 31.6 Å². The van der Waals surface area contributed by atoms with Gasteiger partial charge in [-0.25, -0.2) is 9.36 Å². The first-order chi connectivity index (χ1) is 12.0. The van der Waals surface area contributed by atoms with Crippen LogP contribution in [-0.2, 0) is 42.3 Å². The van der Waals surface area contributed by atoms with Crippen LogP contribution in [0.3, 0.4) is 0 Å². The lowest BCUT2D eigenvalue weighted by Gasteiger charge is -2.18. The Hall–Kier alpha value is -2.27. The van der Waals surface area contributed by atoms with Crippen molar-refractivity contribution in [1.82, 2.24) is 5.32 Å². The van der Waals surface area contributed by atoms with Gasteiger partial charge in [0.15, 0.2) is 6.10 Å². The number of carbonyl (C=O) groups is 4. The first kappa shape index (κ1) is 23.7. The predicted molar refractivity (Wildman–Crippen MR) is 83.7 cm³/mol. The van der Waals surface area contributed by atoms with Crippen LogP contribution < -0.4 is 5.32 Å². The molecule has 2 atom stereocenters. The van der Waals surface area contributed by atoms with Gasteiger partial charge in [-0.1, -0.05) is 0 Å². The van der Waals surface area contributed by atoms with E-state index >= 15 is 0 Å². The Morgan fingerprint density at radius 1 is 1.08 bits per heavy atom. The zero-order valence-electron chi connectivity index (χ0n) is 14.1. The summed E-state index contributed by atoms with van der Waals surface area (Å²) in [6.45, 7) is 0.665. The van der Waals surface area contributed by atoms with Crippen LogP contribution in [0, 0.1) is 0 Å². The maximum atomic E-state index is 11.7. The maximum Gasteiger partial charge on any atom is 0.472 e. The number of rotatable bonds is 12. The Bertz CT molecular complexity index is 589. The Balaban J connectivity index is 4.25. The van der Waals surface area contributed by atoms with Gasteiger partial charge in [0.1, 0.15) is 6.61 Å². The third-order valence-corrected chi connectivity index (χ3v) is 3.25. The molecule has 12 nitrogen and oxygen atoms in total. The van der Waals surface area contributed by atoms with Crippen LogP contribution in [0.15, 0.2) is 12.2 Å². The molecule has 0 rings (SSSR count). The summed E-state index contributed by atoms with van der Waals surface area (Å²) in [5.74, 6) is -3.39. The molecule has 0 fully saturated rings. The van der Waals surface area contributed by atoms with Gasteiger partial charge in [0.25, 0.3) is 0 Å². The molecule has 1 amide bonds. The number of esters is 2. The molecule has 0 heterocycles. The van der Waals surface area contributed by atoms with E-state index in [1.807, 2.05) is 0 Å². The van der Waals surface area contributed by atoms with Crippen LogP contribution in [0.1, 0.15) is 13.8 Å². The van der Waals surface area contributed by atoms with Crippen LogP contribution in [0.2, 0.25) is 0 Å². The van der Waals surface area contributed by atoms with Crippen molar-refractivity contribution in [2.45, 2.75) is 20.0 Å². The number of carboxylic acid groups (broad SMARTS) is 1. The van der Waals surface area contributed by atoms with Gasteiger partial charge in [0.05, 0.1) is 13.2 Å². The van der Waals surface area contributed by atoms with E-state index in [1.54, 1.807) is 0 Å². The topological polar surface area (TPSA) is 175 Å². The summed E-state index contributed by atoms with van der Waals surface area (Å²) in [5.41, 5.74) is 0. The molecule has 0 spiro atoms. The van der Waals surface area contributed by atoms with Gasteiger partial charge in [0.2, 0.25) is 5.91 Å². The van der Waals surface area contributed by atoms with E-state index in [0.29, 0.717) is 6.08 Å². The molecule has 0 aromatic carbocycles. The van der Waals surface area contributed by atoms with Gasteiger partial charge in [0, 0.05) is 32.5 Å². The summed E-state index contributed by atoms with van der Waals surface area (Å²) in [5, 5.41) is 10.5. The summed E-state index contributed by atoms with van der Waals surface area (Å²) in [6, 6.07) is 0. The van der Waals surface area contributed by atoms with Crippen molar-refractivity contribution in [1.29, 1.82) is 0 Å². The molecule has 0 aromatic rings. The van der Waals surface area contributed by atoms with E-state index in [-0.39, 0.29) is 13.2 Å². The molecule has 2 unspecified atom stereocenters. The second kappa shape index (κ2) is 12.1. The van der Waals surface area contributed by atoms with Gasteiger partial charge < -0.3 is 24.8 Å². The maximum absolute atomic E-state index is 11.7. The number of carbonyl (C=O) groups excluding carboxylic acids is 3. The lowest BCUT2D eigenvalue weighted by molar-refractivity contribution is -0.158. The van der Waals surface area contributed by atoms with E-state index in [9.17, 15) is 28.6 Å². The van der Waals surface area contributed by atoms with Crippen molar-refractivity contribution in [3.8, 4) is 0 Å². The van der Waals surface area contributed by atoms with Crippen LogP contribution in [0.25, 0.3) is 0 Å². The second-order valence-corrected chi connectivity index (χ2v) is 6.05. The van der Waals surface area contributed by atoms with Crippen molar-refractivity contribution in [3.63, 3.8) is 0 Å². The number of carboxylic acids is 1. The highest BCUT2D eigenvalue weighted by Crippen LogP contribution is 2.43. The van der Waals surface area contributed by atoms with Crippen molar-refractivity contribution in [3.05, 3.63) is 12.2 Å². The molecule has 0 aliphatic heterocycles. The largest absolute Gasteiger partial charge is 0.478 e. The van der Waals surface area contributed by atoms with Crippen molar-refractivity contribution in [2.24, 2.45) is 0 Å². The van der Waals surface area contributed by atoms with Gasteiger partial charge in [-0.15, -0.1) is 0 Å². The van der Waals surface area contributed by atoms with Crippen LogP contribution in [0.4, 0.5) is 0 Å². The number of aliphatic carboxylic acids is 1. The van der Waals surface area contributed by atoms with Gasteiger partial charge in [-0.2, -0.15) is 0 Å².